The zero-order valence-electron chi connectivity index (χ0n) is 15.6. The summed E-state index contributed by atoms with van der Waals surface area (Å²) in [5.41, 5.74) is 1.38. The highest BCUT2D eigenvalue weighted by molar-refractivity contribution is 6.31. The molecule has 1 N–H and O–H groups in total. The van der Waals surface area contributed by atoms with E-state index in [1.165, 1.54) is 4.90 Å². The number of urea groups is 1. The van der Waals surface area contributed by atoms with Crippen LogP contribution in [0, 0.1) is 23.2 Å². The molecule has 1 aromatic carbocycles. The number of hydrogen-bond acceptors (Lipinski definition) is 2. The van der Waals surface area contributed by atoms with Crippen molar-refractivity contribution in [1.29, 1.82) is 5.26 Å². The molecule has 3 rings (SSSR count). The van der Waals surface area contributed by atoms with Gasteiger partial charge in [-0.3, -0.25) is 0 Å². The number of rotatable bonds is 3. The Hall–Kier alpha value is -1.94. The molecule has 1 unspecified atom stereocenters. The summed E-state index contributed by atoms with van der Waals surface area (Å²) >= 11 is 6.28. The van der Waals surface area contributed by atoms with E-state index in [-0.39, 0.29) is 31.2 Å². The van der Waals surface area contributed by atoms with E-state index in [0.29, 0.717) is 17.1 Å². The van der Waals surface area contributed by atoms with E-state index < -0.39 is 24.2 Å². The minimum atomic E-state index is -4.22. The standard InChI is InChI=1S/C20H23ClF3N3O/c1-2-15-9-13(20(22,23)24)7-8-27(15)19(28)26-14-4-6-18(21)17(10-14)16-5-3-12(16)11-25/h4,6,10,12-13,15-16H,2-3,5,7-9H2,1H3,(H,26,28)/t12-,13+,15-,16?/m1/s1. The Kier molecular flexibility index (Phi) is 6.09. The lowest BCUT2D eigenvalue weighted by molar-refractivity contribution is -0.187. The molecule has 1 aliphatic heterocycles. The van der Waals surface area contributed by atoms with E-state index in [1.807, 2.05) is 0 Å². The Morgan fingerprint density at radius 1 is 1.36 bits per heavy atom. The summed E-state index contributed by atoms with van der Waals surface area (Å²) in [5, 5.41) is 12.5. The molecule has 0 spiro atoms. The van der Waals surface area contributed by atoms with Crippen molar-refractivity contribution < 1.29 is 18.0 Å². The molecule has 4 atom stereocenters. The average molecular weight is 414 g/mol. The maximum Gasteiger partial charge on any atom is 0.391 e. The molecule has 28 heavy (non-hydrogen) atoms. The number of anilines is 1. The minimum absolute atomic E-state index is 0.0558. The number of halogens is 4. The summed E-state index contributed by atoms with van der Waals surface area (Å²) in [5.74, 6) is -1.38. The highest BCUT2D eigenvalue weighted by atomic mass is 35.5. The quantitative estimate of drug-likeness (QED) is 0.666. The number of amides is 2. The number of carbonyl (C=O) groups excluding carboxylic acids is 1. The number of benzene rings is 1. The van der Waals surface area contributed by atoms with Gasteiger partial charge in [-0.2, -0.15) is 18.4 Å². The van der Waals surface area contributed by atoms with Gasteiger partial charge in [0.25, 0.3) is 0 Å². The van der Waals surface area contributed by atoms with Gasteiger partial charge in [0, 0.05) is 29.2 Å². The Labute approximate surface area is 167 Å². The lowest BCUT2D eigenvalue weighted by atomic mass is 9.71. The summed E-state index contributed by atoms with van der Waals surface area (Å²) in [6.45, 7) is 1.87. The average Bonchev–Trinajstić information content (AvgIpc) is 2.62. The van der Waals surface area contributed by atoms with Crippen LogP contribution in [0.15, 0.2) is 18.2 Å². The Bertz CT molecular complexity index is 777. The van der Waals surface area contributed by atoms with Gasteiger partial charge in [0.2, 0.25) is 0 Å². The summed E-state index contributed by atoms with van der Waals surface area (Å²) in [6.07, 6.45) is -2.19. The van der Waals surface area contributed by atoms with Gasteiger partial charge >= 0.3 is 12.2 Å². The molecule has 2 amide bonds. The fourth-order valence-corrected chi connectivity index (χ4v) is 4.39. The minimum Gasteiger partial charge on any atom is -0.322 e. The molecule has 1 saturated carbocycles. The summed E-state index contributed by atoms with van der Waals surface area (Å²) < 4.78 is 39.1. The number of nitriles is 1. The van der Waals surface area contributed by atoms with Crippen molar-refractivity contribution in [3.63, 3.8) is 0 Å². The molecule has 1 aliphatic carbocycles. The number of piperidine rings is 1. The monoisotopic (exact) mass is 413 g/mol. The second-order valence-electron chi connectivity index (χ2n) is 7.60. The van der Waals surface area contributed by atoms with Crippen LogP contribution in [0.4, 0.5) is 23.7 Å². The summed E-state index contributed by atoms with van der Waals surface area (Å²) in [4.78, 5) is 14.2. The van der Waals surface area contributed by atoms with E-state index in [2.05, 4.69) is 11.4 Å². The molecular weight excluding hydrogens is 391 g/mol. The number of nitrogens with zero attached hydrogens (tertiary/aromatic N) is 2. The molecule has 152 valence electrons. The third-order valence-corrected chi connectivity index (χ3v) is 6.34. The Morgan fingerprint density at radius 3 is 2.68 bits per heavy atom. The highest BCUT2D eigenvalue weighted by Crippen LogP contribution is 2.45. The Balaban J connectivity index is 1.70. The van der Waals surface area contributed by atoms with Crippen LogP contribution in [-0.2, 0) is 0 Å². The smallest absolute Gasteiger partial charge is 0.322 e. The molecule has 0 aromatic heterocycles. The number of nitrogens with one attached hydrogen (secondary N) is 1. The molecule has 0 radical (unpaired) electrons. The van der Waals surface area contributed by atoms with Crippen molar-refractivity contribution in [1.82, 2.24) is 4.90 Å². The van der Waals surface area contributed by atoms with Gasteiger partial charge in [-0.1, -0.05) is 18.5 Å². The highest BCUT2D eigenvalue weighted by Gasteiger charge is 2.44. The number of alkyl halides is 3. The Morgan fingerprint density at radius 2 is 2.11 bits per heavy atom. The van der Waals surface area contributed by atoms with E-state index in [4.69, 9.17) is 11.6 Å². The molecule has 4 nitrogen and oxygen atoms in total. The van der Waals surface area contributed by atoms with Crippen LogP contribution >= 0.6 is 11.6 Å². The normalized spacial score (nSPS) is 27.6. The number of hydrogen-bond donors (Lipinski definition) is 1. The molecule has 1 heterocycles. The van der Waals surface area contributed by atoms with Crippen LogP contribution in [0.1, 0.15) is 50.5 Å². The second-order valence-corrected chi connectivity index (χ2v) is 8.01. The van der Waals surface area contributed by atoms with Crippen molar-refractivity contribution in [2.75, 3.05) is 11.9 Å². The van der Waals surface area contributed by atoms with Crippen LogP contribution in [-0.4, -0.2) is 29.7 Å². The first-order valence-corrected chi connectivity index (χ1v) is 9.95. The first kappa shape index (κ1) is 20.8. The lowest BCUT2D eigenvalue weighted by Crippen LogP contribution is -2.50. The van der Waals surface area contributed by atoms with Gasteiger partial charge in [-0.25, -0.2) is 4.79 Å². The zero-order valence-corrected chi connectivity index (χ0v) is 16.4. The predicted molar refractivity (Wildman–Crippen MR) is 101 cm³/mol. The van der Waals surface area contributed by atoms with Crippen molar-refractivity contribution in [2.24, 2.45) is 11.8 Å². The third-order valence-electron chi connectivity index (χ3n) is 6.00. The van der Waals surface area contributed by atoms with Gasteiger partial charge in [0.1, 0.15) is 0 Å². The van der Waals surface area contributed by atoms with Crippen LogP contribution in [0.3, 0.4) is 0 Å². The molecule has 2 aliphatic rings. The first-order chi connectivity index (χ1) is 13.2. The van der Waals surface area contributed by atoms with E-state index >= 15 is 0 Å². The SMILES string of the molecule is CC[C@@H]1C[C@@H](C(F)(F)F)CCN1C(=O)Nc1ccc(Cl)c(C2CC[C@@H]2C#N)c1. The van der Waals surface area contributed by atoms with Crippen LogP contribution in [0.2, 0.25) is 5.02 Å². The van der Waals surface area contributed by atoms with E-state index in [9.17, 15) is 23.2 Å². The van der Waals surface area contributed by atoms with Crippen LogP contribution in [0.25, 0.3) is 0 Å². The van der Waals surface area contributed by atoms with Crippen LogP contribution in [0.5, 0.6) is 0 Å². The van der Waals surface area contributed by atoms with E-state index in [0.717, 1.165) is 18.4 Å². The lowest BCUT2D eigenvalue weighted by Gasteiger charge is -2.39. The van der Waals surface area contributed by atoms with Crippen molar-refractivity contribution in [3.05, 3.63) is 28.8 Å². The molecule has 1 aromatic rings. The van der Waals surface area contributed by atoms with Gasteiger partial charge in [0.15, 0.2) is 0 Å². The fourth-order valence-electron chi connectivity index (χ4n) is 4.13. The van der Waals surface area contributed by atoms with Gasteiger partial charge in [-0.15, -0.1) is 0 Å². The van der Waals surface area contributed by atoms with Gasteiger partial charge in [0.05, 0.1) is 17.9 Å². The summed E-state index contributed by atoms with van der Waals surface area (Å²) in [7, 11) is 0. The van der Waals surface area contributed by atoms with Crippen LogP contribution < -0.4 is 5.32 Å². The van der Waals surface area contributed by atoms with Crippen molar-refractivity contribution in [3.8, 4) is 6.07 Å². The topological polar surface area (TPSA) is 56.1 Å². The summed E-state index contributed by atoms with van der Waals surface area (Å²) in [6, 6.07) is 6.57. The second kappa shape index (κ2) is 8.20. The molecule has 1 saturated heterocycles. The zero-order chi connectivity index (χ0) is 20.5. The van der Waals surface area contributed by atoms with E-state index in [1.54, 1.807) is 25.1 Å². The number of carbonyl (C=O) groups is 1. The molecule has 2 fully saturated rings. The largest absolute Gasteiger partial charge is 0.391 e. The first-order valence-electron chi connectivity index (χ1n) is 9.58. The van der Waals surface area contributed by atoms with Gasteiger partial charge < -0.3 is 10.2 Å². The van der Waals surface area contributed by atoms with Crippen molar-refractivity contribution in [2.45, 2.75) is 57.2 Å². The maximum atomic E-state index is 13.0. The molecule has 0 bridgehead atoms. The third kappa shape index (κ3) is 4.22. The number of likely N-dealkylation sites (tertiary alicyclic amines) is 1. The predicted octanol–water partition coefficient (Wildman–Crippen LogP) is 5.94. The molecular formula is C20H23ClF3N3O. The fraction of sp³-hybridized carbons (Fsp3) is 0.600. The van der Waals surface area contributed by atoms with Crippen molar-refractivity contribution >= 4 is 23.3 Å². The molecule has 8 heteroatoms. The maximum absolute atomic E-state index is 13.0. The van der Waals surface area contributed by atoms with Gasteiger partial charge in [-0.05, 0) is 55.9 Å².